The van der Waals surface area contributed by atoms with Crippen molar-refractivity contribution in [2.45, 2.75) is 44.1 Å². The van der Waals surface area contributed by atoms with Crippen molar-refractivity contribution in [2.75, 3.05) is 5.75 Å². The van der Waals surface area contributed by atoms with Crippen molar-refractivity contribution in [3.63, 3.8) is 0 Å². The smallest absolute Gasteiger partial charge is 0.218 e. The highest BCUT2D eigenvalue weighted by Gasteiger charge is 2.19. The molecular formula is C20H21N3OS2. The molecule has 1 amide bonds. The van der Waals surface area contributed by atoms with Crippen LogP contribution in [0, 0.1) is 6.92 Å². The predicted molar refractivity (Wildman–Crippen MR) is 109 cm³/mol. The van der Waals surface area contributed by atoms with Gasteiger partial charge >= 0.3 is 0 Å². The summed E-state index contributed by atoms with van der Waals surface area (Å²) in [6.07, 6.45) is 6.89. The SMILES string of the molecule is Cc1sc2ncnc(SCCC(N)=O)c2c1-c1ccc2c(c1)CCCC2. The number of carbonyl (C=O) groups excluding carboxylic acids is 1. The van der Waals surface area contributed by atoms with E-state index < -0.39 is 0 Å². The topological polar surface area (TPSA) is 68.9 Å². The van der Waals surface area contributed by atoms with Crippen LogP contribution in [-0.4, -0.2) is 21.6 Å². The van der Waals surface area contributed by atoms with Crippen molar-refractivity contribution in [2.24, 2.45) is 5.73 Å². The lowest BCUT2D eigenvalue weighted by Crippen LogP contribution is -2.10. The number of amides is 1. The molecule has 0 saturated heterocycles. The van der Waals surface area contributed by atoms with Crippen molar-refractivity contribution >= 4 is 39.2 Å². The van der Waals surface area contributed by atoms with Gasteiger partial charge < -0.3 is 5.73 Å². The van der Waals surface area contributed by atoms with Crippen LogP contribution in [0.1, 0.15) is 35.3 Å². The van der Waals surface area contributed by atoms with Crippen LogP contribution in [-0.2, 0) is 17.6 Å². The number of primary amides is 1. The first kappa shape index (κ1) is 17.5. The number of thioether (sulfide) groups is 1. The molecular weight excluding hydrogens is 362 g/mol. The highest BCUT2D eigenvalue weighted by atomic mass is 32.2. The van der Waals surface area contributed by atoms with Crippen molar-refractivity contribution in [1.82, 2.24) is 9.97 Å². The Bertz CT molecular complexity index is 981. The van der Waals surface area contributed by atoms with Gasteiger partial charge in [-0.2, -0.15) is 0 Å². The Morgan fingerprint density at radius 1 is 1.23 bits per heavy atom. The zero-order chi connectivity index (χ0) is 18.1. The van der Waals surface area contributed by atoms with Crippen LogP contribution in [0.5, 0.6) is 0 Å². The molecule has 2 N–H and O–H groups in total. The lowest BCUT2D eigenvalue weighted by molar-refractivity contribution is -0.117. The minimum atomic E-state index is -0.279. The van der Waals surface area contributed by atoms with E-state index in [1.807, 2.05) is 0 Å². The van der Waals surface area contributed by atoms with E-state index in [-0.39, 0.29) is 5.91 Å². The Kier molecular flexibility index (Phi) is 4.96. The number of thiophene rings is 1. The lowest BCUT2D eigenvalue weighted by atomic mass is 9.89. The number of hydrogen-bond donors (Lipinski definition) is 1. The fraction of sp³-hybridized carbons (Fsp3) is 0.350. The second-order valence-corrected chi connectivity index (χ2v) is 8.93. The van der Waals surface area contributed by atoms with Crippen LogP contribution in [0.15, 0.2) is 29.6 Å². The van der Waals surface area contributed by atoms with Gasteiger partial charge in [0.1, 0.15) is 16.2 Å². The molecule has 1 aliphatic carbocycles. The summed E-state index contributed by atoms with van der Waals surface area (Å²) in [7, 11) is 0. The molecule has 4 rings (SSSR count). The highest BCUT2D eigenvalue weighted by Crippen LogP contribution is 2.42. The summed E-state index contributed by atoms with van der Waals surface area (Å²) in [5, 5.41) is 2.05. The summed E-state index contributed by atoms with van der Waals surface area (Å²) in [5.41, 5.74) is 10.7. The van der Waals surface area contributed by atoms with Gasteiger partial charge in [0.05, 0.1) is 5.39 Å². The van der Waals surface area contributed by atoms with Crippen molar-refractivity contribution in [3.05, 3.63) is 40.5 Å². The standard InChI is InChI=1S/C20H21N3OS2/c1-12-17(15-7-6-13-4-2-3-5-14(13)10-15)18-19(25-9-8-16(21)24)22-11-23-20(18)26-12/h6-7,10-11H,2-5,8-9H2,1H3,(H2,21,24). The second kappa shape index (κ2) is 7.37. The van der Waals surface area contributed by atoms with Crippen LogP contribution in [0.2, 0.25) is 0 Å². The normalized spacial score (nSPS) is 13.7. The van der Waals surface area contributed by atoms with Crippen LogP contribution >= 0.6 is 23.1 Å². The van der Waals surface area contributed by atoms with E-state index >= 15 is 0 Å². The van der Waals surface area contributed by atoms with E-state index in [0.717, 1.165) is 15.2 Å². The first-order chi connectivity index (χ1) is 12.6. The number of rotatable bonds is 5. The van der Waals surface area contributed by atoms with E-state index in [1.165, 1.54) is 52.8 Å². The summed E-state index contributed by atoms with van der Waals surface area (Å²) in [6, 6.07) is 6.88. The van der Waals surface area contributed by atoms with E-state index in [9.17, 15) is 4.79 Å². The largest absolute Gasteiger partial charge is 0.370 e. The lowest BCUT2D eigenvalue weighted by Gasteiger charge is -2.17. The zero-order valence-electron chi connectivity index (χ0n) is 14.7. The monoisotopic (exact) mass is 383 g/mol. The van der Waals surface area contributed by atoms with Gasteiger partial charge in [0.2, 0.25) is 5.91 Å². The third-order valence-corrected chi connectivity index (χ3v) is 6.86. The third-order valence-electron chi connectivity index (χ3n) is 4.85. The van der Waals surface area contributed by atoms with Crippen molar-refractivity contribution in [1.29, 1.82) is 0 Å². The number of benzene rings is 1. The molecule has 0 atom stereocenters. The maximum Gasteiger partial charge on any atom is 0.218 e. The van der Waals surface area contributed by atoms with Crippen LogP contribution in [0.3, 0.4) is 0 Å². The molecule has 134 valence electrons. The summed E-state index contributed by atoms with van der Waals surface area (Å²) < 4.78 is 0. The maximum absolute atomic E-state index is 11.1. The Morgan fingerprint density at radius 2 is 2.04 bits per heavy atom. The van der Waals surface area contributed by atoms with Crippen LogP contribution < -0.4 is 5.73 Å². The number of carbonyl (C=O) groups is 1. The fourth-order valence-electron chi connectivity index (χ4n) is 3.61. The predicted octanol–water partition coefficient (Wildman–Crippen LogP) is 4.51. The van der Waals surface area contributed by atoms with Gasteiger partial charge in [-0.3, -0.25) is 4.79 Å². The summed E-state index contributed by atoms with van der Waals surface area (Å²) in [4.78, 5) is 22.3. The van der Waals surface area contributed by atoms with E-state index in [4.69, 9.17) is 5.73 Å². The minimum absolute atomic E-state index is 0.279. The van der Waals surface area contributed by atoms with E-state index in [0.29, 0.717) is 12.2 Å². The first-order valence-corrected chi connectivity index (χ1v) is 10.7. The molecule has 0 spiro atoms. The zero-order valence-corrected chi connectivity index (χ0v) is 16.4. The van der Waals surface area contributed by atoms with Gasteiger partial charge in [0.25, 0.3) is 0 Å². The molecule has 0 unspecified atom stereocenters. The Morgan fingerprint density at radius 3 is 2.85 bits per heavy atom. The number of aromatic nitrogens is 2. The summed E-state index contributed by atoms with van der Waals surface area (Å²) in [5.74, 6) is 0.360. The van der Waals surface area contributed by atoms with Crippen molar-refractivity contribution < 1.29 is 4.79 Å². The van der Waals surface area contributed by atoms with Gasteiger partial charge in [-0.25, -0.2) is 9.97 Å². The average molecular weight is 384 g/mol. The van der Waals surface area contributed by atoms with E-state index in [1.54, 1.807) is 29.4 Å². The number of fused-ring (bicyclic) bond motifs is 2. The average Bonchev–Trinajstić information content (AvgIpc) is 2.97. The molecule has 2 aromatic heterocycles. The molecule has 1 aromatic carbocycles. The van der Waals surface area contributed by atoms with Crippen molar-refractivity contribution in [3.8, 4) is 11.1 Å². The molecule has 0 saturated carbocycles. The molecule has 2 heterocycles. The van der Waals surface area contributed by atoms with Gasteiger partial charge in [0, 0.05) is 22.6 Å². The minimum Gasteiger partial charge on any atom is -0.370 e. The number of nitrogens with two attached hydrogens (primary N) is 1. The molecule has 4 nitrogen and oxygen atoms in total. The molecule has 0 bridgehead atoms. The summed E-state index contributed by atoms with van der Waals surface area (Å²) >= 11 is 3.29. The molecule has 0 radical (unpaired) electrons. The number of aryl methyl sites for hydroxylation is 3. The number of hydrogen-bond acceptors (Lipinski definition) is 5. The number of nitrogens with zero attached hydrogens (tertiary/aromatic N) is 2. The van der Waals surface area contributed by atoms with E-state index in [2.05, 4.69) is 35.1 Å². The van der Waals surface area contributed by atoms with Gasteiger partial charge in [-0.05, 0) is 49.3 Å². The molecule has 6 heteroatoms. The quantitative estimate of drug-likeness (QED) is 0.520. The Balaban J connectivity index is 1.79. The first-order valence-electron chi connectivity index (χ1n) is 8.91. The molecule has 0 aliphatic heterocycles. The molecule has 26 heavy (non-hydrogen) atoms. The molecule has 0 fully saturated rings. The van der Waals surface area contributed by atoms with Gasteiger partial charge in [0.15, 0.2) is 0 Å². The highest BCUT2D eigenvalue weighted by molar-refractivity contribution is 7.99. The Labute approximate surface area is 161 Å². The molecule has 1 aliphatic rings. The maximum atomic E-state index is 11.1. The fourth-order valence-corrected chi connectivity index (χ4v) is 5.65. The van der Waals surface area contributed by atoms with Gasteiger partial charge in [-0.15, -0.1) is 23.1 Å². The Hall–Kier alpha value is -1.92. The van der Waals surface area contributed by atoms with Crippen LogP contribution in [0.4, 0.5) is 0 Å². The second-order valence-electron chi connectivity index (χ2n) is 6.65. The van der Waals surface area contributed by atoms with Gasteiger partial charge in [-0.1, -0.05) is 18.2 Å². The summed E-state index contributed by atoms with van der Waals surface area (Å²) in [6.45, 7) is 2.15. The third kappa shape index (κ3) is 3.35. The van der Waals surface area contributed by atoms with Crippen LogP contribution in [0.25, 0.3) is 21.3 Å². The molecule has 3 aromatic rings.